The van der Waals surface area contributed by atoms with Gasteiger partial charge in [0.15, 0.2) is 11.0 Å². The molecule has 0 aliphatic carbocycles. The second kappa shape index (κ2) is 11.9. The Kier molecular flexibility index (Phi) is 8.49. The molecule has 2 N–H and O–H groups in total. The molecule has 35 heavy (non-hydrogen) atoms. The van der Waals surface area contributed by atoms with Gasteiger partial charge >= 0.3 is 6.03 Å². The van der Waals surface area contributed by atoms with Gasteiger partial charge in [-0.2, -0.15) is 0 Å². The first kappa shape index (κ1) is 24.9. The zero-order valence-electron chi connectivity index (χ0n) is 19.6. The van der Waals surface area contributed by atoms with E-state index in [1.54, 1.807) is 19.1 Å². The molecule has 184 valence electrons. The maximum absolute atomic E-state index is 13.6. The lowest BCUT2D eigenvalue weighted by molar-refractivity contribution is -0.119. The highest BCUT2D eigenvalue weighted by molar-refractivity contribution is 8.00. The Morgan fingerprint density at radius 1 is 1.03 bits per heavy atom. The minimum Gasteiger partial charge on any atom is -0.334 e. The number of thioether (sulfide) groups is 1. The fraction of sp³-hybridized carbons (Fsp3) is 0.360. The third-order valence-electron chi connectivity index (χ3n) is 5.78. The number of nitrogens with zero attached hydrogens (tertiary/aromatic N) is 4. The highest BCUT2D eigenvalue weighted by Gasteiger charge is 2.24. The molecule has 4 rings (SSSR count). The minimum atomic E-state index is -0.608. The average molecular weight is 497 g/mol. The van der Waals surface area contributed by atoms with Gasteiger partial charge in [0.2, 0.25) is 5.91 Å². The Labute approximate surface area is 208 Å². The summed E-state index contributed by atoms with van der Waals surface area (Å²) in [7, 11) is 0. The number of carbonyl (C=O) groups is 2. The standard InChI is InChI=1S/C25H29FN6O2S/c1-18(23(33)28-24(34)27-16-19-8-4-2-5-9-19)35-25-30-29-22(17-31-14-6-3-7-15-31)32(25)21-12-10-20(26)11-13-21/h2,4-5,8-13,18H,3,6-7,14-17H2,1H3,(H2,27,28,33,34). The normalized spacial score (nSPS) is 14.9. The van der Waals surface area contributed by atoms with Crippen LogP contribution in [0.3, 0.4) is 0 Å². The van der Waals surface area contributed by atoms with Crippen LogP contribution in [0.4, 0.5) is 9.18 Å². The van der Waals surface area contributed by atoms with E-state index in [0.717, 1.165) is 43.0 Å². The fourth-order valence-electron chi connectivity index (χ4n) is 3.89. The van der Waals surface area contributed by atoms with E-state index in [9.17, 15) is 14.0 Å². The number of nitrogens with one attached hydrogen (secondary N) is 2. The molecular formula is C25H29FN6O2S. The second-order valence-corrected chi connectivity index (χ2v) is 9.77. The molecule has 1 aromatic heterocycles. The van der Waals surface area contributed by atoms with Gasteiger partial charge in [-0.3, -0.25) is 19.6 Å². The molecule has 3 amide bonds. The van der Waals surface area contributed by atoms with Gasteiger partial charge in [0.25, 0.3) is 0 Å². The summed E-state index contributed by atoms with van der Waals surface area (Å²) in [6.45, 7) is 4.64. The Balaban J connectivity index is 1.43. The molecule has 0 bridgehead atoms. The summed E-state index contributed by atoms with van der Waals surface area (Å²) in [5.74, 6) is -0.0381. The van der Waals surface area contributed by atoms with Crippen molar-refractivity contribution >= 4 is 23.7 Å². The molecule has 0 spiro atoms. The first-order valence-electron chi connectivity index (χ1n) is 11.7. The molecule has 1 aliphatic heterocycles. The molecule has 1 fully saturated rings. The van der Waals surface area contributed by atoms with Crippen LogP contribution in [0.2, 0.25) is 0 Å². The quantitative estimate of drug-likeness (QED) is 0.460. The third kappa shape index (κ3) is 6.89. The van der Waals surface area contributed by atoms with Crippen LogP contribution in [-0.4, -0.2) is 49.9 Å². The van der Waals surface area contributed by atoms with Gasteiger partial charge in [0, 0.05) is 12.2 Å². The highest BCUT2D eigenvalue weighted by Crippen LogP contribution is 2.27. The van der Waals surface area contributed by atoms with Gasteiger partial charge in [0.1, 0.15) is 5.82 Å². The second-order valence-electron chi connectivity index (χ2n) is 8.47. The van der Waals surface area contributed by atoms with Crippen LogP contribution in [0.25, 0.3) is 5.69 Å². The van der Waals surface area contributed by atoms with Crippen LogP contribution < -0.4 is 10.6 Å². The van der Waals surface area contributed by atoms with Crippen LogP contribution >= 0.6 is 11.8 Å². The van der Waals surface area contributed by atoms with E-state index in [2.05, 4.69) is 25.7 Å². The molecule has 2 heterocycles. The van der Waals surface area contributed by atoms with Crippen LogP contribution in [0.1, 0.15) is 37.6 Å². The predicted octanol–water partition coefficient (Wildman–Crippen LogP) is 3.90. The molecule has 1 atom stereocenters. The summed E-state index contributed by atoms with van der Waals surface area (Å²) >= 11 is 1.20. The summed E-state index contributed by atoms with van der Waals surface area (Å²) in [5.41, 5.74) is 1.66. The number of likely N-dealkylation sites (tertiary alicyclic amines) is 1. The lowest BCUT2D eigenvalue weighted by Crippen LogP contribution is -2.42. The van der Waals surface area contributed by atoms with Gasteiger partial charge < -0.3 is 5.32 Å². The fourth-order valence-corrected chi connectivity index (χ4v) is 4.78. The third-order valence-corrected chi connectivity index (χ3v) is 6.83. The SMILES string of the molecule is CC(Sc1nnc(CN2CCCCC2)n1-c1ccc(F)cc1)C(=O)NC(=O)NCc1ccccc1. The van der Waals surface area contributed by atoms with Crippen molar-refractivity contribution in [1.82, 2.24) is 30.3 Å². The van der Waals surface area contributed by atoms with Gasteiger partial charge in [-0.1, -0.05) is 48.5 Å². The molecule has 1 aliphatic rings. The molecular weight excluding hydrogens is 467 g/mol. The van der Waals surface area contributed by atoms with E-state index >= 15 is 0 Å². The lowest BCUT2D eigenvalue weighted by atomic mass is 10.1. The lowest BCUT2D eigenvalue weighted by Gasteiger charge is -2.26. The van der Waals surface area contributed by atoms with E-state index in [4.69, 9.17) is 0 Å². The molecule has 3 aromatic rings. The Morgan fingerprint density at radius 2 is 1.74 bits per heavy atom. The first-order valence-corrected chi connectivity index (χ1v) is 12.6. The topological polar surface area (TPSA) is 92.2 Å². The Bertz CT molecular complexity index is 1130. The summed E-state index contributed by atoms with van der Waals surface area (Å²) in [4.78, 5) is 27.2. The van der Waals surface area contributed by atoms with Gasteiger partial charge in [-0.25, -0.2) is 9.18 Å². The van der Waals surface area contributed by atoms with Crippen molar-refractivity contribution in [3.8, 4) is 5.69 Å². The molecule has 10 heteroatoms. The van der Waals surface area contributed by atoms with E-state index in [1.807, 2.05) is 34.9 Å². The van der Waals surface area contributed by atoms with Crippen molar-refractivity contribution in [1.29, 1.82) is 0 Å². The van der Waals surface area contributed by atoms with Crippen molar-refractivity contribution in [3.05, 3.63) is 71.8 Å². The van der Waals surface area contributed by atoms with E-state index in [1.165, 1.54) is 30.3 Å². The minimum absolute atomic E-state index is 0.320. The Morgan fingerprint density at radius 3 is 2.46 bits per heavy atom. The number of rotatable bonds is 8. The molecule has 1 saturated heterocycles. The first-order chi connectivity index (χ1) is 17.0. The monoisotopic (exact) mass is 496 g/mol. The number of hydrogen-bond donors (Lipinski definition) is 2. The maximum atomic E-state index is 13.6. The van der Waals surface area contributed by atoms with E-state index in [-0.39, 0.29) is 5.82 Å². The zero-order valence-corrected chi connectivity index (χ0v) is 20.4. The number of aromatic nitrogens is 3. The molecule has 8 nitrogen and oxygen atoms in total. The average Bonchev–Trinajstić information content (AvgIpc) is 3.26. The van der Waals surface area contributed by atoms with Crippen molar-refractivity contribution in [3.63, 3.8) is 0 Å². The van der Waals surface area contributed by atoms with Gasteiger partial charge in [0.05, 0.1) is 11.8 Å². The molecule has 2 aromatic carbocycles. The maximum Gasteiger partial charge on any atom is 0.321 e. The number of benzene rings is 2. The Hall–Kier alpha value is -3.24. The summed E-state index contributed by atoms with van der Waals surface area (Å²) < 4.78 is 15.4. The van der Waals surface area contributed by atoms with Crippen LogP contribution in [-0.2, 0) is 17.9 Å². The van der Waals surface area contributed by atoms with Crippen molar-refractivity contribution in [2.45, 2.75) is 49.7 Å². The number of imide groups is 1. The number of urea groups is 1. The van der Waals surface area contributed by atoms with Crippen molar-refractivity contribution in [2.75, 3.05) is 13.1 Å². The summed E-state index contributed by atoms with van der Waals surface area (Å²) in [5, 5.41) is 13.7. The van der Waals surface area contributed by atoms with Crippen LogP contribution in [0.5, 0.6) is 0 Å². The number of halogens is 1. The van der Waals surface area contributed by atoms with Gasteiger partial charge in [-0.15, -0.1) is 10.2 Å². The largest absolute Gasteiger partial charge is 0.334 e. The summed E-state index contributed by atoms with van der Waals surface area (Å²) in [6, 6.07) is 15.0. The van der Waals surface area contributed by atoms with Crippen LogP contribution in [0.15, 0.2) is 59.8 Å². The van der Waals surface area contributed by atoms with Crippen molar-refractivity contribution < 1.29 is 14.0 Å². The molecule has 0 saturated carbocycles. The van der Waals surface area contributed by atoms with Crippen LogP contribution in [0, 0.1) is 5.82 Å². The van der Waals surface area contributed by atoms with E-state index < -0.39 is 17.2 Å². The van der Waals surface area contributed by atoms with Crippen molar-refractivity contribution in [2.24, 2.45) is 0 Å². The predicted molar refractivity (Wildman–Crippen MR) is 133 cm³/mol. The molecule has 1 unspecified atom stereocenters. The zero-order chi connectivity index (χ0) is 24.6. The number of piperidine rings is 1. The molecule has 0 radical (unpaired) electrons. The highest BCUT2D eigenvalue weighted by atomic mass is 32.2. The number of amides is 3. The number of carbonyl (C=O) groups excluding carboxylic acids is 2. The smallest absolute Gasteiger partial charge is 0.321 e. The van der Waals surface area contributed by atoms with Gasteiger partial charge in [-0.05, 0) is 62.7 Å². The number of hydrogen-bond acceptors (Lipinski definition) is 6. The summed E-state index contributed by atoms with van der Waals surface area (Å²) in [6.07, 6.45) is 3.53. The van der Waals surface area contributed by atoms with E-state index in [0.29, 0.717) is 18.2 Å².